The first-order chi connectivity index (χ1) is 10.3. The summed E-state index contributed by atoms with van der Waals surface area (Å²) in [5, 5.41) is 0. The fourth-order valence-electron chi connectivity index (χ4n) is 2.49. The summed E-state index contributed by atoms with van der Waals surface area (Å²) >= 11 is 0. The molecular weight excluding hydrogens is 282 g/mol. The van der Waals surface area contributed by atoms with Crippen LogP contribution in [0.15, 0.2) is 0 Å². The highest BCUT2D eigenvalue weighted by Crippen LogP contribution is 2.20. The van der Waals surface area contributed by atoms with E-state index in [0.717, 1.165) is 19.4 Å². The summed E-state index contributed by atoms with van der Waals surface area (Å²) in [6, 6.07) is -0.236. The standard InChI is InChI=1S/C17H33NO4/c1-8-12(3)15(17(20)21-7)18(6)11-10-13(4)14(5)16(19)22-9-2/h12-15H,8-11H2,1-7H3. The summed E-state index contributed by atoms with van der Waals surface area (Å²) in [5.74, 6) is -0.0347. The van der Waals surface area contributed by atoms with E-state index in [2.05, 4.69) is 13.8 Å². The Balaban J connectivity index is 4.58. The van der Waals surface area contributed by atoms with E-state index in [1.807, 2.05) is 32.7 Å². The van der Waals surface area contributed by atoms with Crippen molar-refractivity contribution in [1.82, 2.24) is 4.90 Å². The molecule has 5 heteroatoms. The number of hydrogen-bond donors (Lipinski definition) is 0. The Morgan fingerprint density at radius 1 is 1.05 bits per heavy atom. The SMILES string of the molecule is CCOC(=O)C(C)C(C)CCN(C)C(C(=O)OC)C(C)CC. The molecule has 0 fully saturated rings. The number of hydrogen-bond acceptors (Lipinski definition) is 5. The van der Waals surface area contributed by atoms with Crippen LogP contribution >= 0.6 is 0 Å². The molecule has 0 bridgehead atoms. The molecule has 0 aromatic heterocycles. The smallest absolute Gasteiger partial charge is 0.323 e. The quantitative estimate of drug-likeness (QED) is 0.580. The summed E-state index contributed by atoms with van der Waals surface area (Å²) < 4.78 is 9.99. The van der Waals surface area contributed by atoms with Gasteiger partial charge in [0.1, 0.15) is 6.04 Å². The lowest BCUT2D eigenvalue weighted by Crippen LogP contribution is -2.44. The Hall–Kier alpha value is -1.10. The minimum atomic E-state index is -0.236. The molecular formula is C17H33NO4. The third-order valence-corrected chi connectivity index (χ3v) is 4.55. The number of methoxy groups -OCH3 is 1. The van der Waals surface area contributed by atoms with Crippen molar-refractivity contribution in [3.05, 3.63) is 0 Å². The summed E-state index contributed by atoms with van der Waals surface area (Å²) in [6.45, 7) is 11.0. The fraction of sp³-hybridized carbons (Fsp3) is 0.882. The average Bonchev–Trinajstić information content (AvgIpc) is 2.51. The molecule has 0 amide bonds. The predicted molar refractivity (Wildman–Crippen MR) is 87.5 cm³/mol. The van der Waals surface area contributed by atoms with Crippen molar-refractivity contribution in [2.75, 3.05) is 27.3 Å². The van der Waals surface area contributed by atoms with Gasteiger partial charge < -0.3 is 9.47 Å². The highest BCUT2D eigenvalue weighted by molar-refractivity contribution is 5.76. The molecule has 0 aromatic carbocycles. The fourth-order valence-corrected chi connectivity index (χ4v) is 2.49. The van der Waals surface area contributed by atoms with Crippen molar-refractivity contribution < 1.29 is 19.1 Å². The second-order valence-electron chi connectivity index (χ2n) is 6.14. The molecule has 4 atom stereocenters. The van der Waals surface area contributed by atoms with E-state index in [4.69, 9.17) is 9.47 Å². The van der Waals surface area contributed by atoms with E-state index >= 15 is 0 Å². The van der Waals surface area contributed by atoms with Crippen LogP contribution in [0.2, 0.25) is 0 Å². The molecule has 0 aromatic rings. The van der Waals surface area contributed by atoms with Crippen LogP contribution in [0.5, 0.6) is 0 Å². The van der Waals surface area contributed by atoms with Crippen LogP contribution in [-0.4, -0.2) is 50.2 Å². The van der Waals surface area contributed by atoms with Crippen molar-refractivity contribution in [1.29, 1.82) is 0 Å². The van der Waals surface area contributed by atoms with Crippen LogP contribution in [0.25, 0.3) is 0 Å². The van der Waals surface area contributed by atoms with Gasteiger partial charge in [-0.2, -0.15) is 0 Å². The lowest BCUT2D eigenvalue weighted by molar-refractivity contribution is -0.150. The highest BCUT2D eigenvalue weighted by atomic mass is 16.5. The van der Waals surface area contributed by atoms with Crippen molar-refractivity contribution in [2.24, 2.45) is 17.8 Å². The van der Waals surface area contributed by atoms with Crippen LogP contribution in [0, 0.1) is 17.8 Å². The van der Waals surface area contributed by atoms with Gasteiger partial charge in [0.15, 0.2) is 0 Å². The number of rotatable bonds is 10. The van der Waals surface area contributed by atoms with Crippen molar-refractivity contribution >= 4 is 11.9 Å². The zero-order valence-corrected chi connectivity index (χ0v) is 15.2. The first-order valence-corrected chi connectivity index (χ1v) is 8.24. The Bertz CT molecular complexity index is 346. The molecule has 0 aliphatic rings. The van der Waals surface area contributed by atoms with Crippen LogP contribution in [0.1, 0.15) is 47.5 Å². The summed E-state index contributed by atoms with van der Waals surface area (Å²) in [7, 11) is 3.37. The second kappa shape index (κ2) is 10.6. The molecule has 5 nitrogen and oxygen atoms in total. The van der Waals surface area contributed by atoms with Gasteiger partial charge in [0.05, 0.1) is 19.6 Å². The van der Waals surface area contributed by atoms with E-state index in [1.165, 1.54) is 7.11 Å². The predicted octanol–water partition coefficient (Wildman–Crippen LogP) is 2.73. The van der Waals surface area contributed by atoms with Gasteiger partial charge in [-0.3, -0.25) is 14.5 Å². The van der Waals surface area contributed by atoms with E-state index in [-0.39, 0.29) is 35.7 Å². The zero-order chi connectivity index (χ0) is 17.3. The molecule has 0 aliphatic carbocycles. The normalized spacial score (nSPS) is 16.7. The minimum absolute atomic E-state index is 0.131. The largest absolute Gasteiger partial charge is 0.468 e. The van der Waals surface area contributed by atoms with Crippen LogP contribution in [-0.2, 0) is 19.1 Å². The van der Waals surface area contributed by atoms with E-state index in [0.29, 0.717) is 6.61 Å². The van der Waals surface area contributed by atoms with Gasteiger partial charge in [-0.1, -0.05) is 34.1 Å². The minimum Gasteiger partial charge on any atom is -0.468 e. The molecule has 0 saturated carbocycles. The van der Waals surface area contributed by atoms with E-state index in [1.54, 1.807) is 0 Å². The molecule has 4 unspecified atom stereocenters. The third kappa shape index (κ3) is 6.34. The molecule has 22 heavy (non-hydrogen) atoms. The number of esters is 2. The molecule has 0 aliphatic heterocycles. The molecule has 0 spiro atoms. The van der Waals surface area contributed by atoms with Crippen LogP contribution in [0.3, 0.4) is 0 Å². The van der Waals surface area contributed by atoms with Crippen molar-refractivity contribution in [3.8, 4) is 0 Å². The van der Waals surface area contributed by atoms with Crippen LogP contribution < -0.4 is 0 Å². The molecule has 0 N–H and O–H groups in total. The van der Waals surface area contributed by atoms with Gasteiger partial charge in [0.2, 0.25) is 0 Å². The Labute approximate surface area is 135 Å². The molecule has 0 radical (unpaired) electrons. The van der Waals surface area contributed by atoms with Crippen molar-refractivity contribution in [2.45, 2.75) is 53.5 Å². The topological polar surface area (TPSA) is 55.8 Å². The summed E-state index contributed by atoms with van der Waals surface area (Å²) in [6.07, 6.45) is 1.75. The molecule has 0 rings (SSSR count). The Morgan fingerprint density at radius 2 is 1.64 bits per heavy atom. The number of carbonyl (C=O) groups excluding carboxylic acids is 2. The Morgan fingerprint density at radius 3 is 2.09 bits per heavy atom. The molecule has 0 saturated heterocycles. The number of carbonyl (C=O) groups is 2. The van der Waals surface area contributed by atoms with Gasteiger partial charge in [-0.15, -0.1) is 0 Å². The van der Waals surface area contributed by atoms with E-state index in [9.17, 15) is 9.59 Å². The van der Waals surface area contributed by atoms with Gasteiger partial charge in [0, 0.05) is 0 Å². The Kier molecular flexibility index (Phi) is 10.1. The summed E-state index contributed by atoms with van der Waals surface area (Å²) in [4.78, 5) is 25.8. The number of likely N-dealkylation sites (N-methyl/N-ethyl adjacent to an activating group) is 1. The van der Waals surface area contributed by atoms with Gasteiger partial charge in [-0.05, 0) is 38.8 Å². The van der Waals surface area contributed by atoms with Gasteiger partial charge >= 0.3 is 11.9 Å². The van der Waals surface area contributed by atoms with E-state index < -0.39 is 0 Å². The first kappa shape index (κ1) is 20.9. The maximum Gasteiger partial charge on any atom is 0.323 e. The number of ether oxygens (including phenoxy) is 2. The maximum absolute atomic E-state index is 12.0. The van der Waals surface area contributed by atoms with Gasteiger partial charge in [0.25, 0.3) is 0 Å². The lowest BCUT2D eigenvalue weighted by atomic mass is 9.92. The van der Waals surface area contributed by atoms with Gasteiger partial charge in [-0.25, -0.2) is 0 Å². The maximum atomic E-state index is 12.0. The number of nitrogens with zero attached hydrogens (tertiary/aromatic N) is 1. The zero-order valence-electron chi connectivity index (χ0n) is 15.2. The molecule has 130 valence electrons. The average molecular weight is 315 g/mol. The monoisotopic (exact) mass is 315 g/mol. The van der Waals surface area contributed by atoms with Crippen molar-refractivity contribution in [3.63, 3.8) is 0 Å². The first-order valence-electron chi connectivity index (χ1n) is 8.24. The lowest BCUT2D eigenvalue weighted by Gasteiger charge is -2.31. The second-order valence-corrected chi connectivity index (χ2v) is 6.14. The summed E-state index contributed by atoms with van der Waals surface area (Å²) in [5.41, 5.74) is 0. The van der Waals surface area contributed by atoms with Crippen LogP contribution in [0.4, 0.5) is 0 Å². The molecule has 0 heterocycles. The third-order valence-electron chi connectivity index (χ3n) is 4.55. The highest BCUT2D eigenvalue weighted by Gasteiger charge is 2.30.